The molecule has 1 aliphatic carbocycles. The number of anilines is 1. The highest BCUT2D eigenvalue weighted by atomic mass is 15.2. The summed E-state index contributed by atoms with van der Waals surface area (Å²) in [6, 6.07) is 13.0. The fourth-order valence-corrected chi connectivity index (χ4v) is 6.74. The highest BCUT2D eigenvalue weighted by Gasteiger charge is 2.41. The molecule has 0 amide bonds. The second-order valence-electron chi connectivity index (χ2n) is 13.0. The standard InChI is InChI=1S/C32H39N7/c1-31(2)18-23(19-32(3,4)38-31)24-12-14-34-35-28-17-27(36-37-30(24)28)25-10-9-21(15-26(25)20-7-8-20)22-11-13-33-29(16-22)39(5)6/h9-17,20,23-24,38H,7-8,18-19H2,1-6H3. The van der Waals surface area contributed by atoms with Crippen molar-refractivity contribution in [1.29, 1.82) is 0 Å². The minimum Gasteiger partial charge on any atom is -0.363 e. The summed E-state index contributed by atoms with van der Waals surface area (Å²) in [5.41, 5.74) is 7.61. The van der Waals surface area contributed by atoms with Crippen LogP contribution < -0.4 is 10.2 Å². The quantitative estimate of drug-likeness (QED) is 0.378. The first-order valence-corrected chi connectivity index (χ1v) is 14.1. The molecule has 1 unspecified atom stereocenters. The van der Waals surface area contributed by atoms with Crippen LogP contribution in [0, 0.1) is 5.92 Å². The van der Waals surface area contributed by atoms with Crippen LogP contribution in [0.3, 0.4) is 0 Å². The smallest absolute Gasteiger partial charge is 0.128 e. The summed E-state index contributed by atoms with van der Waals surface area (Å²) < 4.78 is 0. The van der Waals surface area contributed by atoms with Gasteiger partial charge in [-0.3, -0.25) is 0 Å². The van der Waals surface area contributed by atoms with Gasteiger partial charge in [-0.15, -0.1) is 5.11 Å². The summed E-state index contributed by atoms with van der Waals surface area (Å²) in [4.78, 5) is 6.52. The maximum Gasteiger partial charge on any atom is 0.128 e. The van der Waals surface area contributed by atoms with Crippen molar-refractivity contribution in [1.82, 2.24) is 20.5 Å². The van der Waals surface area contributed by atoms with E-state index in [1.54, 1.807) is 0 Å². The maximum absolute atomic E-state index is 4.85. The molecule has 2 aromatic heterocycles. The van der Waals surface area contributed by atoms with Crippen molar-refractivity contribution < 1.29 is 0 Å². The van der Waals surface area contributed by atoms with Crippen molar-refractivity contribution in [3.05, 3.63) is 66.1 Å². The predicted molar refractivity (Wildman–Crippen MR) is 157 cm³/mol. The van der Waals surface area contributed by atoms with Gasteiger partial charge in [-0.1, -0.05) is 24.3 Å². The Labute approximate surface area is 231 Å². The number of aromatic nitrogens is 3. The average Bonchev–Trinajstić information content (AvgIpc) is 3.73. The highest BCUT2D eigenvalue weighted by molar-refractivity contribution is 5.75. The van der Waals surface area contributed by atoms with Crippen LogP contribution in [0.25, 0.3) is 22.4 Å². The van der Waals surface area contributed by atoms with Crippen molar-refractivity contribution in [2.24, 2.45) is 16.1 Å². The number of azo groups is 1. The van der Waals surface area contributed by atoms with E-state index in [1.165, 1.54) is 29.5 Å². The Balaban J connectivity index is 1.36. The number of nitrogens with zero attached hydrogens (tertiary/aromatic N) is 6. The van der Waals surface area contributed by atoms with E-state index in [-0.39, 0.29) is 17.0 Å². The highest BCUT2D eigenvalue weighted by Crippen LogP contribution is 2.47. The van der Waals surface area contributed by atoms with Gasteiger partial charge in [0.05, 0.1) is 11.4 Å². The zero-order chi connectivity index (χ0) is 27.4. The molecule has 2 fully saturated rings. The van der Waals surface area contributed by atoms with Crippen molar-refractivity contribution >= 4 is 11.5 Å². The van der Waals surface area contributed by atoms with Gasteiger partial charge in [0.1, 0.15) is 11.5 Å². The molecule has 1 N–H and O–H groups in total. The molecule has 1 atom stereocenters. The number of hydrogen-bond acceptors (Lipinski definition) is 7. The van der Waals surface area contributed by atoms with Crippen LogP contribution in [0.15, 0.2) is 65.1 Å². The van der Waals surface area contributed by atoms with Crippen molar-refractivity contribution in [2.75, 3.05) is 19.0 Å². The van der Waals surface area contributed by atoms with Crippen molar-refractivity contribution in [2.45, 2.75) is 76.3 Å². The first kappa shape index (κ1) is 25.8. The van der Waals surface area contributed by atoms with E-state index in [9.17, 15) is 0 Å². The second-order valence-corrected chi connectivity index (χ2v) is 13.0. The van der Waals surface area contributed by atoms with Gasteiger partial charge in [-0.05, 0) is 100 Å². The molecular formula is C32H39N7. The SMILES string of the molecule is CN(C)c1cc(-c2ccc(-c3cc4c(nn3)C(C3CC(C)(C)NC(C)(C)C3)C=CN=N4)c(C3CC3)c2)ccn1. The Morgan fingerprint density at radius 1 is 0.897 bits per heavy atom. The summed E-state index contributed by atoms with van der Waals surface area (Å²) in [5, 5.41) is 22.4. The van der Waals surface area contributed by atoms with Crippen LogP contribution in [-0.2, 0) is 0 Å². The van der Waals surface area contributed by atoms with Gasteiger partial charge in [0.2, 0.25) is 0 Å². The lowest BCUT2D eigenvalue weighted by Gasteiger charge is -2.48. The van der Waals surface area contributed by atoms with Gasteiger partial charge in [0, 0.05) is 49.1 Å². The molecule has 0 bridgehead atoms. The third kappa shape index (κ3) is 5.37. The molecule has 4 heterocycles. The van der Waals surface area contributed by atoms with Gasteiger partial charge in [0.25, 0.3) is 0 Å². The molecule has 3 aromatic rings. The molecule has 202 valence electrons. The Kier molecular flexibility index (Phi) is 6.37. The lowest BCUT2D eigenvalue weighted by Crippen LogP contribution is -2.58. The van der Waals surface area contributed by atoms with E-state index in [4.69, 9.17) is 10.2 Å². The third-order valence-corrected chi connectivity index (χ3v) is 8.25. The van der Waals surface area contributed by atoms with Crippen molar-refractivity contribution in [3.8, 4) is 22.4 Å². The fraction of sp³-hybridized carbons (Fsp3) is 0.469. The molecule has 7 nitrogen and oxygen atoms in total. The molecule has 0 radical (unpaired) electrons. The van der Waals surface area contributed by atoms with E-state index in [0.29, 0.717) is 11.8 Å². The Morgan fingerprint density at radius 3 is 2.36 bits per heavy atom. The fourth-order valence-electron chi connectivity index (χ4n) is 6.74. The first-order chi connectivity index (χ1) is 18.6. The summed E-state index contributed by atoms with van der Waals surface area (Å²) in [5.74, 6) is 2.09. The lowest BCUT2D eigenvalue weighted by atomic mass is 9.70. The molecule has 2 aliphatic heterocycles. The molecule has 1 aromatic carbocycles. The summed E-state index contributed by atoms with van der Waals surface area (Å²) >= 11 is 0. The number of allylic oxidation sites excluding steroid dienone is 1. The van der Waals surface area contributed by atoms with Gasteiger partial charge in [-0.2, -0.15) is 15.3 Å². The molecule has 1 saturated heterocycles. The van der Waals surface area contributed by atoms with E-state index >= 15 is 0 Å². The van der Waals surface area contributed by atoms with Gasteiger partial charge < -0.3 is 10.2 Å². The number of fused-ring (bicyclic) bond motifs is 1. The van der Waals surface area contributed by atoms with Gasteiger partial charge in [-0.25, -0.2) is 4.98 Å². The molecule has 0 spiro atoms. The molecule has 7 heteroatoms. The van der Waals surface area contributed by atoms with Crippen LogP contribution >= 0.6 is 0 Å². The maximum atomic E-state index is 4.85. The third-order valence-electron chi connectivity index (χ3n) is 8.25. The summed E-state index contributed by atoms with van der Waals surface area (Å²) in [6.45, 7) is 9.18. The zero-order valence-electron chi connectivity index (χ0n) is 23.9. The van der Waals surface area contributed by atoms with Crippen LogP contribution in [0.1, 0.15) is 76.5 Å². The Morgan fingerprint density at radius 2 is 1.64 bits per heavy atom. The minimum absolute atomic E-state index is 0.0530. The zero-order valence-corrected chi connectivity index (χ0v) is 23.9. The summed E-state index contributed by atoms with van der Waals surface area (Å²) in [6.07, 6.45) is 10.4. The molecule has 1 saturated carbocycles. The average molecular weight is 522 g/mol. The van der Waals surface area contributed by atoms with Gasteiger partial charge >= 0.3 is 0 Å². The number of hydrogen-bond donors (Lipinski definition) is 1. The normalized spacial score (nSPS) is 21.8. The largest absolute Gasteiger partial charge is 0.363 e. The van der Waals surface area contributed by atoms with E-state index in [1.807, 2.05) is 31.4 Å². The predicted octanol–water partition coefficient (Wildman–Crippen LogP) is 7.40. The number of nitrogens with one attached hydrogen (secondary N) is 1. The van der Waals surface area contributed by atoms with Crippen LogP contribution in [0.2, 0.25) is 0 Å². The number of rotatable bonds is 5. The number of pyridine rings is 1. The molecule has 3 aliphatic rings. The number of piperidine rings is 1. The second kappa shape index (κ2) is 9.63. The van der Waals surface area contributed by atoms with Crippen LogP contribution in [-0.4, -0.2) is 40.4 Å². The van der Waals surface area contributed by atoms with E-state index in [2.05, 4.69) is 90.7 Å². The number of benzene rings is 1. The topological polar surface area (TPSA) is 78.7 Å². The Bertz CT molecular complexity index is 1430. The molecular weight excluding hydrogens is 482 g/mol. The lowest BCUT2D eigenvalue weighted by molar-refractivity contribution is 0.120. The van der Waals surface area contributed by atoms with E-state index in [0.717, 1.165) is 41.3 Å². The monoisotopic (exact) mass is 521 g/mol. The Hall–Kier alpha value is -3.45. The van der Waals surface area contributed by atoms with Crippen LogP contribution in [0.4, 0.5) is 11.5 Å². The van der Waals surface area contributed by atoms with Gasteiger partial charge in [0.15, 0.2) is 0 Å². The van der Waals surface area contributed by atoms with Crippen molar-refractivity contribution in [3.63, 3.8) is 0 Å². The van der Waals surface area contributed by atoms with E-state index < -0.39 is 0 Å². The summed E-state index contributed by atoms with van der Waals surface area (Å²) in [7, 11) is 4.04. The molecule has 6 rings (SSSR count). The van der Waals surface area contributed by atoms with Crippen LogP contribution in [0.5, 0.6) is 0 Å². The molecule has 39 heavy (non-hydrogen) atoms. The minimum atomic E-state index is 0.0530. The first-order valence-electron chi connectivity index (χ1n) is 14.1.